The third-order valence-electron chi connectivity index (χ3n) is 0.231. The van der Waals surface area contributed by atoms with Crippen molar-refractivity contribution < 1.29 is 0 Å². The lowest BCUT2D eigenvalue weighted by Crippen LogP contribution is -2.48. The lowest BCUT2D eigenvalue weighted by Gasteiger charge is -1.87. The fourth-order valence-corrected chi connectivity index (χ4v) is 0.0745. The van der Waals surface area contributed by atoms with E-state index in [-0.39, 0.29) is 0 Å². The zero-order valence-corrected chi connectivity index (χ0v) is 3.18. The first-order valence-electron chi connectivity index (χ1n) is 1.43. The van der Waals surface area contributed by atoms with E-state index >= 15 is 0 Å². The van der Waals surface area contributed by atoms with Crippen LogP contribution in [0.25, 0.3) is 0 Å². The molecule has 0 spiro atoms. The van der Waals surface area contributed by atoms with Crippen LogP contribution in [0.3, 0.4) is 0 Å². The van der Waals surface area contributed by atoms with Crippen LogP contribution in [0.1, 0.15) is 0 Å². The third kappa shape index (κ3) is 3.27. The van der Waals surface area contributed by atoms with Gasteiger partial charge in [0.15, 0.2) is 6.19 Å². The first-order valence-corrected chi connectivity index (χ1v) is 1.43. The highest BCUT2D eigenvalue weighted by atomic mass is 14.9. The van der Waals surface area contributed by atoms with Crippen LogP contribution in [-0.2, 0) is 0 Å². The molecule has 5 heteroatoms. The highest BCUT2D eigenvalue weighted by molar-refractivity contribution is 6.48. The minimum atomic E-state index is -0.713. The number of nitriles is 1. The monoisotopic (exact) mass is 84.1 g/mol. The Kier molecular flexibility index (Phi) is 2.21. The molecule has 0 saturated carbocycles. The number of nitrogens with one attached hydrogen (secondary N) is 1. The first kappa shape index (κ1) is 5.27. The van der Waals surface area contributed by atoms with Crippen LogP contribution in [0, 0.1) is 11.5 Å². The Morgan fingerprint density at radius 1 is 1.67 bits per heavy atom. The fraction of sp³-hybridized carbons (Fsp3) is 0. The predicted molar refractivity (Wildman–Crippen MR) is 22.9 cm³/mol. The average molecular weight is 83.9 g/mol. The van der Waals surface area contributed by atoms with Crippen molar-refractivity contribution in [1.82, 2.24) is 5.23 Å². The van der Waals surface area contributed by atoms with Gasteiger partial charge < -0.3 is 16.5 Å². The minimum Gasteiger partial charge on any atom is -0.337 e. The van der Waals surface area contributed by atoms with Crippen molar-refractivity contribution in [2.75, 3.05) is 0 Å². The van der Waals surface area contributed by atoms with Crippen LogP contribution in [0.4, 0.5) is 0 Å². The van der Waals surface area contributed by atoms with E-state index in [0.717, 1.165) is 0 Å². The van der Waals surface area contributed by atoms with Crippen molar-refractivity contribution in [2.45, 2.75) is 0 Å². The van der Waals surface area contributed by atoms with Crippen LogP contribution in [0.2, 0.25) is 0 Å². The molecule has 5 N–H and O–H groups in total. The highest BCUT2D eigenvalue weighted by Crippen LogP contribution is 1.35. The molecule has 0 aromatic heterocycles. The van der Waals surface area contributed by atoms with Crippen LogP contribution < -0.4 is 16.5 Å². The molecule has 0 aliphatic rings. The molecule has 0 radical (unpaired) electrons. The van der Waals surface area contributed by atoms with Gasteiger partial charge in [0.1, 0.15) is 0 Å². The molecule has 0 aliphatic heterocycles. The summed E-state index contributed by atoms with van der Waals surface area (Å²) < 4.78 is 0. The number of rotatable bonds is 1. The smallest absolute Gasteiger partial charge is 0.337 e. The van der Waals surface area contributed by atoms with E-state index in [4.69, 9.17) is 16.6 Å². The molecule has 32 valence electrons. The molecule has 0 atom stereocenters. The Bertz CT molecular complexity index is 62.4. The molecule has 0 aliphatic carbocycles. The molecule has 6 heavy (non-hydrogen) atoms. The maximum atomic E-state index is 7.72. The minimum absolute atomic E-state index is 0.713. The molecule has 0 rings (SSSR count). The second kappa shape index (κ2) is 2.51. The van der Waals surface area contributed by atoms with Gasteiger partial charge >= 0.3 is 7.12 Å². The molecule has 0 heterocycles. The summed E-state index contributed by atoms with van der Waals surface area (Å²) in [4.78, 5) is 0. The van der Waals surface area contributed by atoms with Crippen molar-refractivity contribution in [2.24, 2.45) is 11.3 Å². The molecular formula is CH5BN4. The molecule has 0 amide bonds. The number of hydrogen-bond donors (Lipinski definition) is 3. The molecule has 4 nitrogen and oxygen atoms in total. The Labute approximate surface area is 36.3 Å². The maximum Gasteiger partial charge on any atom is 0.432 e. The predicted octanol–water partition coefficient (Wildman–Crippen LogP) is -2.04. The van der Waals surface area contributed by atoms with E-state index in [9.17, 15) is 0 Å². The lowest BCUT2D eigenvalue weighted by molar-refractivity contribution is 1.26. The van der Waals surface area contributed by atoms with E-state index in [1.54, 1.807) is 6.19 Å². The normalized spacial score (nSPS) is 6.17. The summed E-state index contributed by atoms with van der Waals surface area (Å²) in [5.41, 5.74) is 9.69. The largest absolute Gasteiger partial charge is 0.432 e. The molecule has 0 aromatic rings. The second-order valence-corrected chi connectivity index (χ2v) is 0.782. The van der Waals surface area contributed by atoms with E-state index in [1.807, 2.05) is 0 Å². The van der Waals surface area contributed by atoms with E-state index in [1.165, 1.54) is 0 Å². The Hall–Kier alpha value is -0.725. The highest BCUT2D eigenvalue weighted by Gasteiger charge is 1.93. The first-order chi connectivity index (χ1) is 2.77. The standard InChI is InChI=1S/CH5BN4/c3-1-6-2(4)5/h6H,4-5H2. The van der Waals surface area contributed by atoms with Gasteiger partial charge in [-0.05, 0) is 0 Å². The molecule has 0 bridgehead atoms. The summed E-state index contributed by atoms with van der Waals surface area (Å²) in [5, 5.41) is 9.78. The van der Waals surface area contributed by atoms with Crippen molar-refractivity contribution in [3.05, 3.63) is 0 Å². The average Bonchev–Trinajstić information content (AvgIpc) is 1.35. The number of nitrogens with zero attached hydrogens (tertiary/aromatic N) is 1. The van der Waals surface area contributed by atoms with Crippen LogP contribution in [0.15, 0.2) is 0 Å². The van der Waals surface area contributed by atoms with Gasteiger partial charge in [-0.2, -0.15) is 5.26 Å². The van der Waals surface area contributed by atoms with E-state index in [0.29, 0.717) is 0 Å². The summed E-state index contributed by atoms with van der Waals surface area (Å²) in [6.07, 6.45) is 1.57. The summed E-state index contributed by atoms with van der Waals surface area (Å²) in [7, 11) is -0.713. The quantitative estimate of drug-likeness (QED) is 0.194. The van der Waals surface area contributed by atoms with Gasteiger partial charge in [0, 0.05) is 0 Å². The van der Waals surface area contributed by atoms with Gasteiger partial charge in [-0.25, -0.2) is 0 Å². The van der Waals surface area contributed by atoms with Crippen molar-refractivity contribution in [1.29, 1.82) is 5.26 Å². The summed E-state index contributed by atoms with van der Waals surface area (Å²) in [5.74, 6) is 0. The SMILES string of the molecule is N#CNB(N)N. The number of hydrogen-bond acceptors (Lipinski definition) is 4. The molecule has 0 fully saturated rings. The molecular weight excluding hydrogens is 78.9 g/mol. The van der Waals surface area contributed by atoms with Gasteiger partial charge in [0.25, 0.3) is 0 Å². The van der Waals surface area contributed by atoms with Gasteiger partial charge in [-0.3, -0.25) is 0 Å². The number of nitrogens with two attached hydrogens (primary N) is 2. The van der Waals surface area contributed by atoms with Gasteiger partial charge in [-0.1, -0.05) is 0 Å². The van der Waals surface area contributed by atoms with Crippen molar-refractivity contribution in [3.8, 4) is 6.19 Å². The molecule has 0 aromatic carbocycles. The van der Waals surface area contributed by atoms with Crippen molar-refractivity contribution in [3.63, 3.8) is 0 Å². The van der Waals surface area contributed by atoms with Crippen LogP contribution in [0.5, 0.6) is 0 Å². The van der Waals surface area contributed by atoms with Crippen LogP contribution >= 0.6 is 0 Å². The Balaban J connectivity index is 2.88. The summed E-state index contributed by atoms with van der Waals surface area (Å²) in [6.45, 7) is 0. The zero-order valence-electron chi connectivity index (χ0n) is 3.18. The topological polar surface area (TPSA) is 87.9 Å². The Morgan fingerprint density at radius 3 is 2.17 bits per heavy atom. The van der Waals surface area contributed by atoms with Crippen molar-refractivity contribution >= 4 is 7.12 Å². The molecule has 0 unspecified atom stereocenters. The van der Waals surface area contributed by atoms with Gasteiger partial charge in [-0.15, -0.1) is 0 Å². The second-order valence-electron chi connectivity index (χ2n) is 0.782. The van der Waals surface area contributed by atoms with E-state index < -0.39 is 7.12 Å². The lowest BCUT2D eigenvalue weighted by atomic mass is 10.0. The van der Waals surface area contributed by atoms with Crippen LogP contribution in [-0.4, -0.2) is 7.12 Å². The van der Waals surface area contributed by atoms with Gasteiger partial charge in [0.05, 0.1) is 0 Å². The summed E-state index contributed by atoms with van der Waals surface area (Å²) >= 11 is 0. The fourth-order valence-electron chi connectivity index (χ4n) is 0.0745. The maximum absolute atomic E-state index is 7.72. The van der Waals surface area contributed by atoms with E-state index in [2.05, 4.69) is 5.23 Å². The zero-order chi connectivity index (χ0) is 4.99. The van der Waals surface area contributed by atoms with Gasteiger partial charge in [0.2, 0.25) is 0 Å². The summed E-state index contributed by atoms with van der Waals surface area (Å²) in [6, 6.07) is 0. The third-order valence-corrected chi connectivity index (χ3v) is 0.231. The Morgan fingerprint density at radius 2 is 2.17 bits per heavy atom. The molecule has 0 saturated heterocycles.